The van der Waals surface area contributed by atoms with E-state index in [0.29, 0.717) is 32.3 Å². The predicted octanol–water partition coefficient (Wildman–Crippen LogP) is 5.36. The van der Waals surface area contributed by atoms with Gasteiger partial charge in [-0.1, -0.05) is 57.2 Å². The van der Waals surface area contributed by atoms with Crippen molar-refractivity contribution in [1.82, 2.24) is 10.2 Å². The van der Waals surface area contributed by atoms with Crippen LogP contribution in [0.4, 0.5) is 11.5 Å². The maximum absolute atomic E-state index is 12.7. The molecule has 0 aliphatic rings. The molecule has 170 valence electrons. The van der Waals surface area contributed by atoms with Crippen LogP contribution in [-0.4, -0.2) is 29.1 Å². The molecule has 0 fully saturated rings. The summed E-state index contributed by atoms with van der Waals surface area (Å²) in [6.07, 6.45) is 0.240. The highest BCUT2D eigenvalue weighted by Crippen LogP contribution is 2.31. The molecule has 2 amide bonds. The lowest BCUT2D eigenvalue weighted by Gasteiger charge is -2.19. The molecule has 3 N–H and O–H groups in total. The van der Waals surface area contributed by atoms with Gasteiger partial charge >= 0.3 is 0 Å². The molecule has 4 aromatic rings. The number of H-pyrrole nitrogens is 1. The smallest absolute Gasteiger partial charge is 0.265 e. The molecule has 7 nitrogen and oxygen atoms in total. The minimum atomic E-state index is -0.259. The van der Waals surface area contributed by atoms with Crippen LogP contribution >= 0.6 is 11.3 Å². The molecular weight excluding hydrogens is 436 g/mol. The molecule has 0 aliphatic carbocycles. The summed E-state index contributed by atoms with van der Waals surface area (Å²) >= 11 is 1.27. The highest BCUT2D eigenvalue weighted by molar-refractivity contribution is 7.20. The molecule has 0 bridgehead atoms. The van der Waals surface area contributed by atoms with Crippen molar-refractivity contribution in [2.24, 2.45) is 0 Å². The standard InChI is InChI=1S/C25H26N4O3S/c1-25(2,3)16-11-9-15(10-12-16)13-21(30)27-22-17-14-20(33-24(17)29-28-22)23(31)26-18-7-5-6-8-19(18)32-4/h5-12,14H,13H2,1-4H3,(H,26,31)(H2,27,28,29,30). The third-order valence-electron chi connectivity index (χ3n) is 5.28. The van der Waals surface area contributed by atoms with Gasteiger partial charge in [-0.05, 0) is 34.7 Å². The highest BCUT2D eigenvalue weighted by atomic mass is 32.1. The molecule has 0 saturated heterocycles. The molecule has 2 heterocycles. The summed E-state index contributed by atoms with van der Waals surface area (Å²) in [6, 6.07) is 17.0. The van der Waals surface area contributed by atoms with Gasteiger partial charge in [-0.25, -0.2) is 0 Å². The Kier molecular flexibility index (Phi) is 6.20. The van der Waals surface area contributed by atoms with Gasteiger partial charge in [0.1, 0.15) is 10.6 Å². The van der Waals surface area contributed by atoms with Crippen molar-refractivity contribution in [2.45, 2.75) is 32.6 Å². The van der Waals surface area contributed by atoms with Crippen molar-refractivity contribution in [2.75, 3.05) is 17.7 Å². The zero-order valence-corrected chi connectivity index (χ0v) is 19.8. The van der Waals surface area contributed by atoms with E-state index in [0.717, 1.165) is 5.56 Å². The number of ether oxygens (including phenoxy) is 1. The molecule has 0 spiro atoms. The molecule has 0 saturated carbocycles. The number of carbonyl (C=O) groups is 2. The number of nitrogens with one attached hydrogen (secondary N) is 3. The molecular formula is C25H26N4O3S. The predicted molar refractivity (Wildman–Crippen MR) is 132 cm³/mol. The fraction of sp³-hybridized carbons (Fsp3) is 0.240. The van der Waals surface area contributed by atoms with Crippen molar-refractivity contribution < 1.29 is 14.3 Å². The fourth-order valence-corrected chi connectivity index (χ4v) is 4.34. The number of carbonyl (C=O) groups excluding carboxylic acids is 2. The summed E-state index contributed by atoms with van der Waals surface area (Å²) in [5.41, 5.74) is 2.80. The molecule has 2 aromatic carbocycles. The summed E-state index contributed by atoms with van der Waals surface area (Å²) in [4.78, 5) is 26.6. The lowest BCUT2D eigenvalue weighted by Crippen LogP contribution is -2.15. The SMILES string of the molecule is COc1ccccc1NC(=O)c1cc2c(NC(=O)Cc3ccc(C(C)(C)C)cc3)n[nH]c2s1. The minimum absolute atomic E-state index is 0.0655. The second-order valence-electron chi connectivity index (χ2n) is 8.75. The molecule has 0 unspecified atom stereocenters. The van der Waals surface area contributed by atoms with Crippen LogP contribution in [0.15, 0.2) is 54.6 Å². The van der Waals surface area contributed by atoms with Gasteiger partial charge in [0.2, 0.25) is 5.91 Å². The van der Waals surface area contributed by atoms with Gasteiger partial charge in [0.25, 0.3) is 5.91 Å². The van der Waals surface area contributed by atoms with Crippen LogP contribution in [0.5, 0.6) is 5.75 Å². The normalized spacial score (nSPS) is 11.4. The van der Waals surface area contributed by atoms with E-state index in [1.807, 2.05) is 24.3 Å². The molecule has 4 rings (SSSR count). The monoisotopic (exact) mass is 462 g/mol. The number of methoxy groups -OCH3 is 1. The first-order chi connectivity index (χ1) is 15.7. The maximum atomic E-state index is 12.7. The van der Waals surface area contributed by atoms with E-state index >= 15 is 0 Å². The average molecular weight is 463 g/mol. The summed E-state index contributed by atoms with van der Waals surface area (Å²) in [6.45, 7) is 6.47. The van der Waals surface area contributed by atoms with Gasteiger partial charge in [-0.15, -0.1) is 11.3 Å². The quantitative estimate of drug-likeness (QED) is 0.359. The van der Waals surface area contributed by atoms with Crippen molar-refractivity contribution in [3.8, 4) is 5.75 Å². The number of anilines is 2. The van der Waals surface area contributed by atoms with Crippen molar-refractivity contribution in [3.05, 3.63) is 70.6 Å². The van der Waals surface area contributed by atoms with Crippen molar-refractivity contribution in [3.63, 3.8) is 0 Å². The Morgan fingerprint density at radius 2 is 1.79 bits per heavy atom. The van der Waals surface area contributed by atoms with Gasteiger partial charge in [-0.3, -0.25) is 14.7 Å². The molecule has 33 heavy (non-hydrogen) atoms. The van der Waals surface area contributed by atoms with Crippen LogP contribution in [0.25, 0.3) is 10.2 Å². The number of amides is 2. The summed E-state index contributed by atoms with van der Waals surface area (Å²) in [7, 11) is 1.55. The van der Waals surface area contributed by atoms with Crippen molar-refractivity contribution >= 4 is 44.9 Å². The summed E-state index contributed by atoms with van der Waals surface area (Å²) < 4.78 is 5.29. The number of rotatable bonds is 6. The van der Waals surface area contributed by atoms with E-state index in [9.17, 15) is 9.59 Å². The number of hydrogen-bond acceptors (Lipinski definition) is 5. The molecule has 0 radical (unpaired) electrons. The van der Waals surface area contributed by atoms with Crippen LogP contribution < -0.4 is 15.4 Å². The number of hydrogen-bond donors (Lipinski definition) is 3. The second kappa shape index (κ2) is 9.07. The zero-order valence-electron chi connectivity index (χ0n) is 19.0. The van der Waals surface area contributed by atoms with Gasteiger partial charge in [0.05, 0.1) is 29.5 Å². The number of nitrogens with zero attached hydrogens (tertiary/aromatic N) is 1. The van der Waals surface area contributed by atoms with Gasteiger partial charge in [0.15, 0.2) is 5.82 Å². The first-order valence-corrected chi connectivity index (χ1v) is 11.4. The highest BCUT2D eigenvalue weighted by Gasteiger charge is 2.18. The van der Waals surface area contributed by atoms with Crippen LogP contribution in [0.3, 0.4) is 0 Å². The van der Waals surface area contributed by atoms with Gasteiger partial charge in [-0.2, -0.15) is 5.10 Å². The lowest BCUT2D eigenvalue weighted by molar-refractivity contribution is -0.115. The van der Waals surface area contributed by atoms with E-state index in [4.69, 9.17) is 4.74 Å². The Labute approximate surface area is 196 Å². The Bertz CT molecular complexity index is 1300. The molecule has 8 heteroatoms. The van der Waals surface area contributed by atoms with Gasteiger partial charge < -0.3 is 15.4 Å². The van der Waals surface area contributed by atoms with Crippen LogP contribution in [0, 0.1) is 0 Å². The topological polar surface area (TPSA) is 96.1 Å². The largest absolute Gasteiger partial charge is 0.495 e. The van der Waals surface area contributed by atoms with Crippen molar-refractivity contribution in [1.29, 1.82) is 0 Å². The average Bonchev–Trinajstić information content (AvgIpc) is 3.36. The number of thiophene rings is 1. The molecule has 0 aliphatic heterocycles. The molecule has 0 atom stereocenters. The van der Waals surface area contributed by atoms with Gasteiger partial charge in [0, 0.05) is 0 Å². The Balaban J connectivity index is 1.45. The summed E-state index contributed by atoms with van der Waals surface area (Å²) in [5, 5.41) is 13.5. The Hall–Kier alpha value is -3.65. The number of para-hydroxylation sites is 2. The van der Waals surface area contributed by atoms with Crippen LogP contribution in [0.2, 0.25) is 0 Å². The number of aromatic nitrogens is 2. The first-order valence-electron chi connectivity index (χ1n) is 10.6. The van der Waals surface area contributed by atoms with E-state index in [1.54, 1.807) is 25.3 Å². The number of aromatic amines is 1. The molecule has 2 aromatic heterocycles. The summed E-state index contributed by atoms with van der Waals surface area (Å²) in [5.74, 6) is 0.565. The maximum Gasteiger partial charge on any atom is 0.265 e. The number of fused-ring (bicyclic) bond motifs is 1. The second-order valence-corrected chi connectivity index (χ2v) is 9.80. The van der Waals surface area contributed by atoms with E-state index in [1.165, 1.54) is 16.9 Å². The minimum Gasteiger partial charge on any atom is -0.495 e. The van der Waals surface area contributed by atoms with E-state index in [-0.39, 0.29) is 23.7 Å². The first kappa shape index (κ1) is 22.5. The van der Waals surface area contributed by atoms with Crippen LogP contribution in [0.1, 0.15) is 41.6 Å². The zero-order chi connectivity index (χ0) is 23.6. The van der Waals surface area contributed by atoms with E-state index in [2.05, 4.69) is 53.7 Å². The number of benzene rings is 2. The fourth-order valence-electron chi connectivity index (χ4n) is 3.44. The third-order valence-corrected chi connectivity index (χ3v) is 6.32. The Morgan fingerprint density at radius 1 is 1.06 bits per heavy atom. The van der Waals surface area contributed by atoms with Crippen LogP contribution in [-0.2, 0) is 16.6 Å². The lowest BCUT2D eigenvalue weighted by atomic mass is 9.86. The Morgan fingerprint density at radius 3 is 2.48 bits per heavy atom. The third kappa shape index (κ3) is 5.06. The van der Waals surface area contributed by atoms with E-state index < -0.39 is 0 Å².